The van der Waals surface area contributed by atoms with Gasteiger partial charge in [0.2, 0.25) is 5.91 Å². The van der Waals surface area contributed by atoms with Crippen LogP contribution in [-0.2, 0) is 23.9 Å². The summed E-state index contributed by atoms with van der Waals surface area (Å²) in [5.41, 5.74) is 0. The lowest BCUT2D eigenvalue weighted by Crippen LogP contribution is -2.38. The predicted octanol–water partition coefficient (Wildman–Crippen LogP) is -0.240. The van der Waals surface area contributed by atoms with Crippen LogP contribution in [0.1, 0.15) is 26.7 Å². The number of carbonyl (C=O) groups excluding carboxylic acids is 3. The lowest BCUT2D eigenvalue weighted by atomic mass is 10.2. The summed E-state index contributed by atoms with van der Waals surface area (Å²) >= 11 is 0. The fourth-order valence-electron chi connectivity index (χ4n) is 1.35. The van der Waals surface area contributed by atoms with Gasteiger partial charge in [-0.2, -0.15) is 0 Å². The van der Waals surface area contributed by atoms with Gasteiger partial charge in [0, 0.05) is 6.42 Å². The van der Waals surface area contributed by atoms with E-state index in [1.54, 1.807) is 6.92 Å². The van der Waals surface area contributed by atoms with Gasteiger partial charge in [-0.15, -0.1) is 0 Å². The molecule has 90 valence electrons. The van der Waals surface area contributed by atoms with Gasteiger partial charge in [-0.25, -0.2) is 9.59 Å². The summed E-state index contributed by atoms with van der Waals surface area (Å²) in [5.74, 6) is -1.35. The predicted molar refractivity (Wildman–Crippen MR) is 53.4 cm³/mol. The molecule has 1 fully saturated rings. The van der Waals surface area contributed by atoms with Crippen molar-refractivity contribution in [2.75, 3.05) is 6.61 Å². The molecular weight excluding hydrogens is 214 g/mol. The highest BCUT2D eigenvalue weighted by atomic mass is 16.6. The van der Waals surface area contributed by atoms with Crippen molar-refractivity contribution in [2.24, 2.45) is 0 Å². The Balaban J connectivity index is 2.39. The maximum atomic E-state index is 11.5. The topological polar surface area (TPSA) is 81.7 Å². The van der Waals surface area contributed by atoms with Crippen LogP contribution in [0.4, 0.5) is 0 Å². The zero-order valence-electron chi connectivity index (χ0n) is 9.32. The summed E-state index contributed by atoms with van der Waals surface area (Å²) in [6.45, 7) is 3.34. The van der Waals surface area contributed by atoms with Gasteiger partial charge < -0.3 is 14.8 Å². The lowest BCUT2D eigenvalue weighted by molar-refractivity contribution is -0.167. The van der Waals surface area contributed by atoms with E-state index in [0.717, 1.165) is 0 Å². The Morgan fingerprint density at radius 1 is 1.56 bits per heavy atom. The summed E-state index contributed by atoms with van der Waals surface area (Å²) < 4.78 is 9.55. The van der Waals surface area contributed by atoms with E-state index < -0.39 is 24.1 Å². The Morgan fingerprint density at radius 3 is 2.75 bits per heavy atom. The van der Waals surface area contributed by atoms with Gasteiger partial charge in [-0.3, -0.25) is 4.79 Å². The van der Waals surface area contributed by atoms with Crippen LogP contribution in [0.15, 0.2) is 0 Å². The molecular formula is C10H15NO5. The van der Waals surface area contributed by atoms with Gasteiger partial charge >= 0.3 is 11.9 Å². The molecule has 1 aliphatic rings. The molecule has 0 aromatic heterocycles. The van der Waals surface area contributed by atoms with Crippen LogP contribution >= 0.6 is 0 Å². The first kappa shape index (κ1) is 12.5. The molecule has 1 rings (SSSR count). The molecule has 6 heteroatoms. The second kappa shape index (κ2) is 5.48. The molecule has 6 nitrogen and oxygen atoms in total. The first-order chi connectivity index (χ1) is 7.54. The Morgan fingerprint density at radius 2 is 2.25 bits per heavy atom. The van der Waals surface area contributed by atoms with E-state index in [2.05, 4.69) is 10.1 Å². The molecule has 2 atom stereocenters. The second-order valence-electron chi connectivity index (χ2n) is 3.49. The smallest absolute Gasteiger partial charge is 0.347 e. The third-order valence-corrected chi connectivity index (χ3v) is 2.19. The fraction of sp³-hybridized carbons (Fsp3) is 0.700. The highest BCUT2D eigenvalue weighted by Crippen LogP contribution is 2.09. The second-order valence-corrected chi connectivity index (χ2v) is 3.49. The van der Waals surface area contributed by atoms with Crippen molar-refractivity contribution in [3.63, 3.8) is 0 Å². The van der Waals surface area contributed by atoms with E-state index >= 15 is 0 Å². The quantitative estimate of drug-likeness (QED) is 0.673. The molecule has 0 aromatic carbocycles. The van der Waals surface area contributed by atoms with Crippen molar-refractivity contribution in [3.05, 3.63) is 0 Å². The minimum absolute atomic E-state index is 0.175. The number of esters is 2. The Labute approximate surface area is 93.3 Å². The number of nitrogens with one attached hydrogen (secondary N) is 1. The Kier molecular flexibility index (Phi) is 4.28. The average Bonchev–Trinajstić information content (AvgIpc) is 2.65. The molecule has 1 unspecified atom stereocenters. The highest BCUT2D eigenvalue weighted by molar-refractivity contribution is 5.89. The van der Waals surface area contributed by atoms with Crippen LogP contribution in [0, 0.1) is 0 Å². The molecule has 0 radical (unpaired) electrons. The van der Waals surface area contributed by atoms with E-state index in [1.807, 2.05) is 0 Å². The van der Waals surface area contributed by atoms with E-state index in [-0.39, 0.29) is 12.5 Å². The molecule has 16 heavy (non-hydrogen) atoms. The zero-order chi connectivity index (χ0) is 12.1. The van der Waals surface area contributed by atoms with Crippen LogP contribution in [0.25, 0.3) is 0 Å². The maximum absolute atomic E-state index is 11.5. The third-order valence-electron chi connectivity index (χ3n) is 2.19. The summed E-state index contributed by atoms with van der Waals surface area (Å²) in [6.07, 6.45) is -0.217. The van der Waals surface area contributed by atoms with Crippen LogP contribution in [0.2, 0.25) is 0 Å². The zero-order valence-corrected chi connectivity index (χ0v) is 9.32. The van der Waals surface area contributed by atoms with Gasteiger partial charge in [0.1, 0.15) is 6.04 Å². The molecule has 1 aliphatic heterocycles. The van der Waals surface area contributed by atoms with Crippen molar-refractivity contribution in [2.45, 2.75) is 38.8 Å². The molecule has 0 aliphatic carbocycles. The van der Waals surface area contributed by atoms with Crippen LogP contribution in [-0.4, -0.2) is 36.6 Å². The van der Waals surface area contributed by atoms with Crippen LogP contribution in [0.3, 0.4) is 0 Å². The minimum atomic E-state index is -0.940. The number of amides is 1. The van der Waals surface area contributed by atoms with Crippen molar-refractivity contribution >= 4 is 17.8 Å². The highest BCUT2D eigenvalue weighted by Gasteiger charge is 2.31. The molecule has 1 heterocycles. The first-order valence-electron chi connectivity index (χ1n) is 5.21. The molecule has 0 spiro atoms. The average molecular weight is 229 g/mol. The minimum Gasteiger partial charge on any atom is -0.463 e. The van der Waals surface area contributed by atoms with Crippen molar-refractivity contribution < 1.29 is 23.9 Å². The number of carbonyl (C=O) groups is 3. The first-order valence-corrected chi connectivity index (χ1v) is 5.21. The number of hydrogen-bond donors (Lipinski definition) is 1. The molecule has 0 bridgehead atoms. The van der Waals surface area contributed by atoms with Gasteiger partial charge in [-0.05, 0) is 20.3 Å². The van der Waals surface area contributed by atoms with Crippen molar-refractivity contribution in [3.8, 4) is 0 Å². The van der Waals surface area contributed by atoms with Gasteiger partial charge in [0.15, 0.2) is 6.10 Å². The third kappa shape index (κ3) is 3.22. The normalized spacial score (nSPS) is 21.1. The Hall–Kier alpha value is -1.59. The maximum Gasteiger partial charge on any atom is 0.347 e. The van der Waals surface area contributed by atoms with Crippen LogP contribution < -0.4 is 5.32 Å². The van der Waals surface area contributed by atoms with Crippen molar-refractivity contribution in [1.29, 1.82) is 0 Å². The summed E-state index contributed by atoms with van der Waals surface area (Å²) in [5, 5.41) is 2.46. The SMILES string of the molecule is CCOC(=O)C(C)OC(=O)[C@@H]1CCC(=O)N1. The number of ether oxygens (including phenoxy) is 2. The van der Waals surface area contributed by atoms with E-state index in [4.69, 9.17) is 4.74 Å². The monoisotopic (exact) mass is 229 g/mol. The number of hydrogen-bond acceptors (Lipinski definition) is 5. The molecule has 1 saturated heterocycles. The summed E-state index contributed by atoms with van der Waals surface area (Å²) in [6, 6.07) is -0.635. The van der Waals surface area contributed by atoms with Crippen molar-refractivity contribution in [1.82, 2.24) is 5.32 Å². The molecule has 0 saturated carbocycles. The fourth-order valence-corrected chi connectivity index (χ4v) is 1.35. The van der Waals surface area contributed by atoms with Gasteiger partial charge in [0.25, 0.3) is 0 Å². The van der Waals surface area contributed by atoms with E-state index in [9.17, 15) is 14.4 Å². The van der Waals surface area contributed by atoms with E-state index in [1.165, 1.54) is 6.92 Å². The van der Waals surface area contributed by atoms with Crippen LogP contribution in [0.5, 0.6) is 0 Å². The standard InChI is InChI=1S/C10H15NO5/c1-3-15-9(13)6(2)16-10(14)7-4-5-8(12)11-7/h6-7H,3-5H2,1-2H3,(H,11,12)/t6?,7-/m0/s1. The molecule has 0 aromatic rings. The summed E-state index contributed by atoms with van der Waals surface area (Å²) in [4.78, 5) is 33.5. The van der Waals surface area contributed by atoms with Gasteiger partial charge in [0.05, 0.1) is 6.61 Å². The number of rotatable bonds is 4. The molecule has 1 amide bonds. The summed E-state index contributed by atoms with van der Waals surface area (Å²) in [7, 11) is 0. The molecule has 1 N–H and O–H groups in total. The van der Waals surface area contributed by atoms with Gasteiger partial charge in [-0.1, -0.05) is 0 Å². The largest absolute Gasteiger partial charge is 0.463 e. The van der Waals surface area contributed by atoms with E-state index in [0.29, 0.717) is 12.8 Å². The lowest BCUT2D eigenvalue weighted by Gasteiger charge is -2.14. The Bertz CT molecular complexity index is 302.